The maximum atomic E-state index is 13.1. The Bertz CT molecular complexity index is 1090. The number of aliphatic imine (C=N–C) groups is 1. The first kappa shape index (κ1) is 21.5. The van der Waals surface area contributed by atoms with E-state index in [0.717, 1.165) is 11.3 Å². The van der Waals surface area contributed by atoms with Gasteiger partial charge in [0.25, 0.3) is 10.0 Å². The number of nitrogens with one attached hydrogen (secondary N) is 2. The van der Waals surface area contributed by atoms with Crippen LogP contribution in [0.3, 0.4) is 0 Å². The molecule has 0 fully saturated rings. The molecule has 0 radical (unpaired) electrons. The normalized spacial score (nSPS) is 16.4. The van der Waals surface area contributed by atoms with Crippen LogP contribution in [0.1, 0.15) is 25.0 Å². The summed E-state index contributed by atoms with van der Waals surface area (Å²) >= 11 is 0. The highest BCUT2D eigenvalue weighted by molar-refractivity contribution is 8.00. The van der Waals surface area contributed by atoms with Gasteiger partial charge in [-0.3, -0.25) is 14.5 Å². The fourth-order valence-corrected chi connectivity index (χ4v) is 4.49. The van der Waals surface area contributed by atoms with Crippen molar-refractivity contribution >= 4 is 26.7 Å². The van der Waals surface area contributed by atoms with Gasteiger partial charge in [-0.2, -0.15) is 0 Å². The third kappa shape index (κ3) is 5.04. The Morgan fingerprint density at radius 3 is 2.43 bits per heavy atom. The summed E-state index contributed by atoms with van der Waals surface area (Å²) in [5.74, 6) is 0.0503. The number of carbonyl (C=O) groups excluding carboxylic acids is 1. The molecule has 3 rings (SSSR count). The summed E-state index contributed by atoms with van der Waals surface area (Å²) in [5.41, 5.74) is 1.63. The highest BCUT2D eigenvalue weighted by Gasteiger charge is 2.32. The molecule has 0 aliphatic carbocycles. The Labute approximate surface area is 174 Å². The molecule has 1 aliphatic heterocycles. The molecule has 2 N–H and O–H groups in total. The van der Waals surface area contributed by atoms with E-state index in [1.165, 1.54) is 24.3 Å². The standard InChI is InChI=1S/C21H22FN3O4S/c1-3-29-18-10-4-15(5-11-18)12-23-19(26)13-24-21-14(2)20(30(27,28)25-21)16-6-8-17(22)9-7-16/h4-11H,3,12-13H2,1-2H3,(H,23,26)(H,24,25). The number of ether oxygens (including phenoxy) is 1. The predicted octanol–water partition coefficient (Wildman–Crippen LogP) is 2.60. The molecule has 0 saturated carbocycles. The molecule has 158 valence electrons. The summed E-state index contributed by atoms with van der Waals surface area (Å²) in [4.78, 5) is 16.3. The van der Waals surface area contributed by atoms with Crippen molar-refractivity contribution in [3.63, 3.8) is 0 Å². The number of nitrogens with zero attached hydrogens (tertiary/aromatic N) is 1. The lowest BCUT2D eigenvalue weighted by molar-refractivity contribution is -0.119. The number of rotatable bonds is 7. The molecule has 30 heavy (non-hydrogen) atoms. The van der Waals surface area contributed by atoms with Crippen LogP contribution in [0.5, 0.6) is 5.75 Å². The van der Waals surface area contributed by atoms with Crippen molar-refractivity contribution in [3.8, 4) is 5.75 Å². The van der Waals surface area contributed by atoms with Gasteiger partial charge in [0, 0.05) is 12.1 Å². The van der Waals surface area contributed by atoms with E-state index in [-0.39, 0.29) is 23.2 Å². The Hall–Kier alpha value is -3.20. The van der Waals surface area contributed by atoms with Gasteiger partial charge >= 0.3 is 0 Å². The van der Waals surface area contributed by atoms with Gasteiger partial charge in [-0.1, -0.05) is 24.3 Å². The molecule has 7 nitrogen and oxygen atoms in total. The van der Waals surface area contributed by atoms with Gasteiger partial charge in [0.1, 0.15) is 28.9 Å². The van der Waals surface area contributed by atoms with E-state index in [0.29, 0.717) is 24.3 Å². The first-order valence-corrected chi connectivity index (χ1v) is 10.8. The quantitative estimate of drug-likeness (QED) is 0.704. The van der Waals surface area contributed by atoms with Gasteiger partial charge < -0.3 is 10.1 Å². The van der Waals surface area contributed by atoms with Crippen LogP contribution in [0.15, 0.2) is 59.1 Å². The molecule has 0 bridgehead atoms. The highest BCUT2D eigenvalue weighted by Crippen LogP contribution is 2.29. The van der Waals surface area contributed by atoms with Crippen molar-refractivity contribution < 1.29 is 22.3 Å². The zero-order valence-electron chi connectivity index (χ0n) is 16.6. The molecule has 2 aromatic rings. The zero-order chi connectivity index (χ0) is 21.7. The predicted molar refractivity (Wildman–Crippen MR) is 113 cm³/mol. The minimum Gasteiger partial charge on any atom is -0.494 e. The Balaban J connectivity index is 1.65. The summed E-state index contributed by atoms with van der Waals surface area (Å²) in [6, 6.07) is 12.5. The van der Waals surface area contributed by atoms with Crippen LogP contribution in [-0.4, -0.2) is 33.3 Å². The number of sulfonamides is 1. The number of amidine groups is 1. The van der Waals surface area contributed by atoms with Crippen molar-refractivity contribution in [1.29, 1.82) is 0 Å². The molecule has 0 atom stereocenters. The molecule has 1 aliphatic rings. The summed E-state index contributed by atoms with van der Waals surface area (Å²) < 4.78 is 45.8. The molecule has 1 heterocycles. The average molecular weight is 431 g/mol. The molecule has 0 aromatic heterocycles. The van der Waals surface area contributed by atoms with E-state index in [1.807, 2.05) is 31.2 Å². The molecule has 0 unspecified atom stereocenters. The van der Waals surface area contributed by atoms with E-state index < -0.39 is 15.8 Å². The van der Waals surface area contributed by atoms with Crippen molar-refractivity contribution in [2.45, 2.75) is 20.4 Å². The second-order valence-corrected chi connectivity index (χ2v) is 8.20. The van der Waals surface area contributed by atoms with E-state index >= 15 is 0 Å². The topological polar surface area (TPSA) is 96.9 Å². The molecule has 9 heteroatoms. The maximum Gasteiger partial charge on any atom is 0.264 e. The summed E-state index contributed by atoms with van der Waals surface area (Å²) in [6.07, 6.45) is 0. The molecular weight excluding hydrogens is 409 g/mol. The maximum absolute atomic E-state index is 13.1. The van der Waals surface area contributed by atoms with Crippen LogP contribution in [0, 0.1) is 5.82 Å². The zero-order valence-corrected chi connectivity index (χ0v) is 17.4. The fourth-order valence-electron chi connectivity index (χ4n) is 2.97. The van der Waals surface area contributed by atoms with Crippen LogP contribution in [0.4, 0.5) is 4.39 Å². The summed E-state index contributed by atoms with van der Waals surface area (Å²) in [7, 11) is -3.83. The molecule has 1 amide bonds. The van der Waals surface area contributed by atoms with Gasteiger partial charge in [-0.25, -0.2) is 12.8 Å². The Morgan fingerprint density at radius 2 is 1.80 bits per heavy atom. The van der Waals surface area contributed by atoms with Crippen LogP contribution >= 0.6 is 0 Å². The van der Waals surface area contributed by atoms with E-state index in [1.54, 1.807) is 6.92 Å². The van der Waals surface area contributed by atoms with E-state index in [4.69, 9.17) is 4.74 Å². The second kappa shape index (κ2) is 9.08. The fraction of sp³-hybridized carbons (Fsp3) is 0.238. The van der Waals surface area contributed by atoms with Gasteiger partial charge in [-0.15, -0.1) is 0 Å². The Morgan fingerprint density at radius 1 is 1.13 bits per heavy atom. The first-order chi connectivity index (χ1) is 14.3. The number of hydrogen-bond acceptors (Lipinski definition) is 5. The van der Waals surface area contributed by atoms with Crippen molar-refractivity contribution in [3.05, 3.63) is 71.0 Å². The van der Waals surface area contributed by atoms with Crippen LogP contribution in [0.25, 0.3) is 4.91 Å². The van der Waals surface area contributed by atoms with E-state index in [9.17, 15) is 17.6 Å². The summed E-state index contributed by atoms with van der Waals surface area (Å²) in [6.45, 7) is 4.16. The number of benzene rings is 2. The van der Waals surface area contributed by atoms with E-state index in [2.05, 4.69) is 15.0 Å². The summed E-state index contributed by atoms with van der Waals surface area (Å²) in [5, 5.41) is 2.74. The second-order valence-electron chi connectivity index (χ2n) is 6.59. The SMILES string of the molecule is CCOc1ccc(CNC(=O)CN=C2NS(=O)(=O)C(c3ccc(F)cc3)=C2C)cc1. The van der Waals surface area contributed by atoms with Gasteiger partial charge in [-0.05, 0) is 49.2 Å². The van der Waals surface area contributed by atoms with Crippen LogP contribution in [-0.2, 0) is 21.4 Å². The molecule has 0 saturated heterocycles. The van der Waals surface area contributed by atoms with Crippen LogP contribution in [0.2, 0.25) is 0 Å². The lowest BCUT2D eigenvalue weighted by Crippen LogP contribution is -2.28. The highest BCUT2D eigenvalue weighted by atomic mass is 32.2. The lowest BCUT2D eigenvalue weighted by Gasteiger charge is -2.06. The lowest BCUT2D eigenvalue weighted by atomic mass is 10.1. The molecule has 0 spiro atoms. The average Bonchev–Trinajstić information content (AvgIpc) is 2.95. The third-order valence-electron chi connectivity index (χ3n) is 4.41. The van der Waals surface area contributed by atoms with Crippen molar-refractivity contribution in [2.24, 2.45) is 4.99 Å². The van der Waals surface area contributed by atoms with Gasteiger partial charge in [0.05, 0.1) is 6.61 Å². The number of carbonyl (C=O) groups is 1. The third-order valence-corrected chi connectivity index (χ3v) is 5.95. The minimum atomic E-state index is -3.83. The van der Waals surface area contributed by atoms with Crippen molar-refractivity contribution in [1.82, 2.24) is 10.0 Å². The Kier molecular flexibility index (Phi) is 6.51. The number of hydrogen-bond donors (Lipinski definition) is 2. The number of halogens is 1. The van der Waals surface area contributed by atoms with Gasteiger partial charge in [0.15, 0.2) is 0 Å². The van der Waals surface area contributed by atoms with Crippen molar-refractivity contribution in [2.75, 3.05) is 13.2 Å². The van der Waals surface area contributed by atoms with Crippen LogP contribution < -0.4 is 14.8 Å². The largest absolute Gasteiger partial charge is 0.494 e. The minimum absolute atomic E-state index is 0.0241. The number of amides is 1. The smallest absolute Gasteiger partial charge is 0.264 e. The molecular formula is C21H22FN3O4S. The first-order valence-electron chi connectivity index (χ1n) is 9.33. The monoisotopic (exact) mass is 431 g/mol. The molecule has 2 aromatic carbocycles. The van der Waals surface area contributed by atoms with Gasteiger partial charge in [0.2, 0.25) is 5.91 Å².